The lowest BCUT2D eigenvalue weighted by molar-refractivity contribution is -0.148. The van der Waals surface area contributed by atoms with Gasteiger partial charge in [0.25, 0.3) is 0 Å². The molecular formula is C17H22N4O4S. The third-order valence-electron chi connectivity index (χ3n) is 5.64. The maximum absolute atomic E-state index is 12.2. The van der Waals surface area contributed by atoms with Crippen LogP contribution in [0.2, 0.25) is 0 Å². The number of carbonyl (C=O) groups is 1. The average molecular weight is 378 g/mol. The molecule has 2 atom stereocenters. The SMILES string of the molecule is CCS(=O)(=O)N1C[C@@H]2CN(Cc3nc4ccccc4[nH]3)C[C@]2(C(=O)O)C1. The van der Waals surface area contributed by atoms with Gasteiger partial charge >= 0.3 is 5.97 Å². The number of fused-ring (bicyclic) bond motifs is 2. The predicted octanol–water partition coefficient (Wildman–Crippen LogP) is 0.731. The lowest BCUT2D eigenvalue weighted by Gasteiger charge is -2.24. The van der Waals surface area contributed by atoms with E-state index in [1.54, 1.807) is 6.92 Å². The number of aromatic amines is 1. The second-order valence-electron chi connectivity index (χ2n) is 7.22. The minimum absolute atomic E-state index is 0.00187. The predicted molar refractivity (Wildman–Crippen MR) is 96.0 cm³/mol. The van der Waals surface area contributed by atoms with Crippen LogP contribution in [-0.2, 0) is 21.4 Å². The van der Waals surface area contributed by atoms with Crippen molar-refractivity contribution in [3.05, 3.63) is 30.1 Å². The number of hydrogen-bond donors (Lipinski definition) is 2. The molecule has 0 amide bonds. The molecule has 0 radical (unpaired) electrons. The minimum atomic E-state index is -3.37. The molecule has 2 aromatic rings. The van der Waals surface area contributed by atoms with E-state index in [0.717, 1.165) is 16.9 Å². The molecule has 0 saturated carbocycles. The highest BCUT2D eigenvalue weighted by molar-refractivity contribution is 7.89. The van der Waals surface area contributed by atoms with Crippen molar-refractivity contribution >= 4 is 27.0 Å². The Morgan fingerprint density at radius 3 is 2.77 bits per heavy atom. The zero-order valence-corrected chi connectivity index (χ0v) is 15.4. The number of carboxylic acid groups (broad SMARTS) is 1. The molecule has 140 valence electrons. The normalized spacial score (nSPS) is 27.2. The molecule has 2 N–H and O–H groups in total. The molecule has 0 bridgehead atoms. The Hall–Kier alpha value is -1.97. The molecule has 4 rings (SSSR count). The van der Waals surface area contributed by atoms with Gasteiger partial charge in [-0.15, -0.1) is 0 Å². The van der Waals surface area contributed by atoms with Crippen molar-refractivity contribution in [3.8, 4) is 0 Å². The molecule has 0 unspecified atom stereocenters. The molecule has 2 saturated heterocycles. The maximum atomic E-state index is 12.2. The Morgan fingerprint density at radius 1 is 1.35 bits per heavy atom. The van der Waals surface area contributed by atoms with Gasteiger partial charge in [0.15, 0.2) is 0 Å². The largest absolute Gasteiger partial charge is 0.481 e. The standard InChI is InChI=1S/C17H22N4O4S/c1-2-26(24,25)21-8-12-7-20(10-17(12,11-21)16(22)23)9-15-18-13-5-3-4-6-14(13)19-15/h3-6,12H,2,7-11H2,1H3,(H,18,19)(H,22,23)/t12-,17-/m0/s1. The van der Waals surface area contributed by atoms with Crippen LogP contribution in [-0.4, -0.2) is 70.6 Å². The van der Waals surface area contributed by atoms with Gasteiger partial charge in [0.05, 0.1) is 28.7 Å². The van der Waals surface area contributed by atoms with Crippen LogP contribution in [0, 0.1) is 11.3 Å². The van der Waals surface area contributed by atoms with Crippen LogP contribution in [0.15, 0.2) is 24.3 Å². The smallest absolute Gasteiger partial charge is 0.312 e. The number of para-hydroxylation sites is 2. The molecule has 1 aromatic carbocycles. The van der Waals surface area contributed by atoms with E-state index < -0.39 is 21.4 Å². The quantitative estimate of drug-likeness (QED) is 0.794. The third kappa shape index (κ3) is 2.70. The summed E-state index contributed by atoms with van der Waals surface area (Å²) < 4.78 is 25.7. The number of rotatable bonds is 5. The van der Waals surface area contributed by atoms with Crippen LogP contribution in [0.5, 0.6) is 0 Å². The van der Waals surface area contributed by atoms with Crippen LogP contribution in [0.25, 0.3) is 11.0 Å². The van der Waals surface area contributed by atoms with Gasteiger partial charge in [-0.2, -0.15) is 0 Å². The summed E-state index contributed by atoms with van der Waals surface area (Å²) in [4.78, 5) is 21.9. The summed E-state index contributed by atoms with van der Waals surface area (Å²) in [5, 5.41) is 9.86. The molecule has 3 heterocycles. The lowest BCUT2D eigenvalue weighted by atomic mass is 9.81. The molecular weight excluding hydrogens is 356 g/mol. The number of hydrogen-bond acceptors (Lipinski definition) is 5. The van der Waals surface area contributed by atoms with E-state index in [1.165, 1.54) is 4.31 Å². The fourth-order valence-electron chi connectivity index (χ4n) is 4.23. The van der Waals surface area contributed by atoms with Crippen LogP contribution in [0.4, 0.5) is 0 Å². The monoisotopic (exact) mass is 378 g/mol. The Bertz CT molecular complexity index is 924. The van der Waals surface area contributed by atoms with Crippen LogP contribution >= 0.6 is 0 Å². The van der Waals surface area contributed by atoms with Crippen LogP contribution in [0.1, 0.15) is 12.7 Å². The van der Waals surface area contributed by atoms with E-state index in [-0.39, 0.29) is 24.8 Å². The van der Waals surface area contributed by atoms with Gasteiger partial charge in [-0.05, 0) is 19.1 Å². The first kappa shape index (κ1) is 17.4. The summed E-state index contributed by atoms with van der Waals surface area (Å²) in [6.45, 7) is 3.34. The maximum Gasteiger partial charge on any atom is 0.312 e. The van der Waals surface area contributed by atoms with Gasteiger partial charge in [-0.1, -0.05) is 12.1 Å². The number of sulfonamides is 1. The van der Waals surface area contributed by atoms with Gasteiger partial charge in [0.2, 0.25) is 10.0 Å². The first-order valence-corrected chi connectivity index (χ1v) is 10.3. The third-order valence-corrected chi connectivity index (χ3v) is 7.44. The van der Waals surface area contributed by atoms with E-state index in [2.05, 4.69) is 14.9 Å². The number of H-pyrrole nitrogens is 1. The van der Waals surface area contributed by atoms with E-state index in [0.29, 0.717) is 19.6 Å². The Kier molecular flexibility index (Phi) is 4.05. The zero-order valence-electron chi connectivity index (χ0n) is 14.6. The molecule has 2 aliphatic rings. The summed E-state index contributed by atoms with van der Waals surface area (Å²) in [5.74, 6) is -0.322. The number of nitrogens with zero attached hydrogens (tertiary/aromatic N) is 3. The second-order valence-corrected chi connectivity index (χ2v) is 9.48. The summed E-state index contributed by atoms with van der Waals surface area (Å²) in [6, 6.07) is 7.75. The number of aromatic nitrogens is 2. The second kappa shape index (κ2) is 6.04. The number of carboxylic acids is 1. The summed E-state index contributed by atoms with van der Waals surface area (Å²) >= 11 is 0. The number of likely N-dealkylation sites (tertiary alicyclic amines) is 1. The fraction of sp³-hybridized carbons (Fsp3) is 0.529. The van der Waals surface area contributed by atoms with Gasteiger partial charge in [-0.25, -0.2) is 17.7 Å². The first-order valence-electron chi connectivity index (χ1n) is 8.71. The summed E-state index contributed by atoms with van der Waals surface area (Å²) in [5.41, 5.74) is 0.805. The molecule has 9 heteroatoms. The van der Waals surface area contributed by atoms with Crippen molar-refractivity contribution in [3.63, 3.8) is 0 Å². The Balaban J connectivity index is 1.54. The highest BCUT2D eigenvalue weighted by Crippen LogP contribution is 2.44. The molecule has 1 aromatic heterocycles. The Labute approximate surface area is 151 Å². The van der Waals surface area contributed by atoms with Crippen molar-refractivity contribution in [2.45, 2.75) is 13.5 Å². The van der Waals surface area contributed by atoms with Crippen molar-refractivity contribution < 1.29 is 18.3 Å². The molecule has 2 fully saturated rings. The number of nitrogens with one attached hydrogen (secondary N) is 1. The molecule has 8 nitrogen and oxygen atoms in total. The number of imidazole rings is 1. The van der Waals surface area contributed by atoms with Gasteiger partial charge < -0.3 is 10.1 Å². The van der Waals surface area contributed by atoms with Crippen molar-refractivity contribution in [2.75, 3.05) is 31.9 Å². The highest BCUT2D eigenvalue weighted by atomic mass is 32.2. The lowest BCUT2D eigenvalue weighted by Crippen LogP contribution is -2.42. The average Bonchev–Trinajstić information content (AvgIpc) is 3.24. The highest BCUT2D eigenvalue weighted by Gasteiger charge is 2.59. The minimum Gasteiger partial charge on any atom is -0.481 e. The summed E-state index contributed by atoms with van der Waals surface area (Å²) in [6.07, 6.45) is 0. The zero-order chi connectivity index (χ0) is 18.5. The van der Waals surface area contributed by atoms with Crippen LogP contribution in [0.3, 0.4) is 0 Å². The van der Waals surface area contributed by atoms with Crippen molar-refractivity contribution in [2.24, 2.45) is 11.3 Å². The van der Waals surface area contributed by atoms with E-state index in [1.807, 2.05) is 24.3 Å². The fourth-order valence-corrected chi connectivity index (χ4v) is 5.43. The van der Waals surface area contributed by atoms with Gasteiger partial charge in [0, 0.05) is 32.1 Å². The number of benzene rings is 1. The van der Waals surface area contributed by atoms with E-state index in [9.17, 15) is 18.3 Å². The van der Waals surface area contributed by atoms with E-state index >= 15 is 0 Å². The molecule has 26 heavy (non-hydrogen) atoms. The summed E-state index contributed by atoms with van der Waals surface area (Å²) in [7, 11) is -3.37. The van der Waals surface area contributed by atoms with Crippen molar-refractivity contribution in [1.82, 2.24) is 19.2 Å². The Morgan fingerprint density at radius 2 is 2.12 bits per heavy atom. The van der Waals surface area contributed by atoms with E-state index in [4.69, 9.17) is 0 Å². The molecule has 2 aliphatic heterocycles. The van der Waals surface area contributed by atoms with Crippen molar-refractivity contribution in [1.29, 1.82) is 0 Å². The topological polar surface area (TPSA) is 107 Å². The number of aliphatic carboxylic acids is 1. The first-order chi connectivity index (χ1) is 12.3. The van der Waals surface area contributed by atoms with Crippen LogP contribution < -0.4 is 0 Å². The van der Waals surface area contributed by atoms with Gasteiger partial charge in [-0.3, -0.25) is 9.69 Å². The van der Waals surface area contributed by atoms with Gasteiger partial charge in [0.1, 0.15) is 5.82 Å². The molecule has 0 spiro atoms. The molecule has 0 aliphatic carbocycles.